The van der Waals surface area contributed by atoms with Gasteiger partial charge in [0.2, 0.25) is 5.91 Å². The molecule has 0 aromatic carbocycles. The number of rotatable bonds is 3. The largest absolute Gasteiger partial charge is 0.369 e. The minimum absolute atomic E-state index is 0.105. The van der Waals surface area contributed by atoms with Crippen molar-refractivity contribution in [3.05, 3.63) is 29.8 Å². The number of primary amides is 1. The number of nitrogens with zero attached hydrogens (tertiary/aromatic N) is 2. The van der Waals surface area contributed by atoms with Crippen molar-refractivity contribution in [2.24, 2.45) is 11.7 Å². The van der Waals surface area contributed by atoms with Crippen LogP contribution in [0.15, 0.2) is 18.3 Å². The molecule has 5 heteroatoms. The number of carbonyl (C=O) groups excluding carboxylic acids is 1. The van der Waals surface area contributed by atoms with Gasteiger partial charge in [0.15, 0.2) is 0 Å². The van der Waals surface area contributed by atoms with E-state index in [2.05, 4.69) is 4.98 Å². The van der Waals surface area contributed by atoms with Crippen LogP contribution < -0.4 is 5.73 Å². The molecule has 2 N–H and O–H groups in total. The van der Waals surface area contributed by atoms with E-state index in [4.69, 9.17) is 5.73 Å². The summed E-state index contributed by atoms with van der Waals surface area (Å²) in [6, 6.07) is 2.96. The van der Waals surface area contributed by atoms with Gasteiger partial charge < -0.3 is 5.73 Å². The van der Waals surface area contributed by atoms with Crippen molar-refractivity contribution in [1.82, 2.24) is 9.88 Å². The highest BCUT2D eigenvalue weighted by atomic mass is 19.1. The molecule has 16 heavy (non-hydrogen) atoms. The molecule has 1 aromatic heterocycles. The zero-order chi connectivity index (χ0) is 11.5. The molecule has 1 aliphatic heterocycles. The Hall–Kier alpha value is -1.49. The van der Waals surface area contributed by atoms with E-state index >= 15 is 0 Å². The first-order valence-corrected chi connectivity index (χ1v) is 5.28. The molecule has 0 radical (unpaired) electrons. The van der Waals surface area contributed by atoms with Crippen LogP contribution in [0.4, 0.5) is 4.39 Å². The highest BCUT2D eigenvalue weighted by Gasteiger charge is 2.27. The van der Waals surface area contributed by atoms with Gasteiger partial charge in [-0.2, -0.15) is 0 Å². The lowest BCUT2D eigenvalue weighted by atomic mass is 10.1. The van der Waals surface area contributed by atoms with Crippen molar-refractivity contribution in [1.29, 1.82) is 0 Å². The zero-order valence-electron chi connectivity index (χ0n) is 8.90. The van der Waals surface area contributed by atoms with Crippen LogP contribution in [0.1, 0.15) is 12.1 Å². The van der Waals surface area contributed by atoms with Crippen LogP contribution in [-0.2, 0) is 11.3 Å². The molecule has 4 nitrogen and oxygen atoms in total. The van der Waals surface area contributed by atoms with Crippen molar-refractivity contribution >= 4 is 5.91 Å². The monoisotopic (exact) mass is 223 g/mol. The Morgan fingerprint density at radius 2 is 2.50 bits per heavy atom. The van der Waals surface area contributed by atoms with Gasteiger partial charge in [0.05, 0.1) is 11.6 Å². The van der Waals surface area contributed by atoms with Gasteiger partial charge in [-0.1, -0.05) is 0 Å². The van der Waals surface area contributed by atoms with Crippen LogP contribution in [0.25, 0.3) is 0 Å². The van der Waals surface area contributed by atoms with Crippen molar-refractivity contribution < 1.29 is 9.18 Å². The second-order valence-electron chi connectivity index (χ2n) is 4.06. The van der Waals surface area contributed by atoms with Gasteiger partial charge in [-0.3, -0.25) is 14.7 Å². The fourth-order valence-corrected chi connectivity index (χ4v) is 1.96. The van der Waals surface area contributed by atoms with E-state index in [1.165, 1.54) is 6.07 Å². The summed E-state index contributed by atoms with van der Waals surface area (Å²) in [4.78, 5) is 17.0. The van der Waals surface area contributed by atoms with Crippen molar-refractivity contribution in [2.45, 2.75) is 13.0 Å². The molecule has 1 fully saturated rings. The Kier molecular flexibility index (Phi) is 3.14. The molecule has 2 rings (SSSR count). The van der Waals surface area contributed by atoms with Crippen molar-refractivity contribution in [3.8, 4) is 0 Å². The fourth-order valence-electron chi connectivity index (χ4n) is 1.96. The van der Waals surface area contributed by atoms with Crippen LogP contribution in [0.5, 0.6) is 0 Å². The predicted molar refractivity (Wildman–Crippen MR) is 56.8 cm³/mol. The normalized spacial score (nSPS) is 21.2. The van der Waals surface area contributed by atoms with Gasteiger partial charge in [-0.15, -0.1) is 0 Å². The molecule has 1 amide bonds. The SMILES string of the molecule is NC(=O)C1CCN(Cc2ncccc2F)C1. The van der Waals surface area contributed by atoms with Gasteiger partial charge in [0, 0.05) is 19.3 Å². The second kappa shape index (κ2) is 4.57. The predicted octanol–water partition coefficient (Wildman–Crippen LogP) is 0.528. The van der Waals surface area contributed by atoms with E-state index < -0.39 is 0 Å². The standard InChI is InChI=1S/C11H14FN3O/c12-9-2-1-4-14-10(9)7-15-5-3-8(6-15)11(13)16/h1-2,4,8H,3,5-7H2,(H2,13,16). The van der Waals surface area contributed by atoms with E-state index in [1.807, 2.05) is 4.90 Å². The summed E-state index contributed by atoms with van der Waals surface area (Å²) >= 11 is 0. The summed E-state index contributed by atoms with van der Waals surface area (Å²) in [6.45, 7) is 1.81. The molecule has 1 atom stereocenters. The molecule has 0 bridgehead atoms. The first-order chi connectivity index (χ1) is 7.66. The molecule has 1 unspecified atom stereocenters. The number of pyridine rings is 1. The van der Waals surface area contributed by atoms with Gasteiger partial charge in [0.25, 0.3) is 0 Å². The average molecular weight is 223 g/mol. The van der Waals surface area contributed by atoms with Gasteiger partial charge in [0.1, 0.15) is 5.82 Å². The number of aromatic nitrogens is 1. The van der Waals surface area contributed by atoms with Crippen LogP contribution in [0.2, 0.25) is 0 Å². The van der Waals surface area contributed by atoms with E-state index in [0.717, 1.165) is 13.0 Å². The van der Waals surface area contributed by atoms with Crippen molar-refractivity contribution in [3.63, 3.8) is 0 Å². The topological polar surface area (TPSA) is 59.2 Å². The first kappa shape index (κ1) is 11.0. The molecule has 0 saturated carbocycles. The zero-order valence-corrected chi connectivity index (χ0v) is 8.90. The minimum atomic E-state index is -0.301. The van der Waals surface area contributed by atoms with Gasteiger partial charge in [-0.05, 0) is 25.1 Å². The third kappa shape index (κ3) is 2.36. The number of nitrogens with two attached hydrogens (primary N) is 1. The van der Waals surface area contributed by atoms with Crippen LogP contribution >= 0.6 is 0 Å². The average Bonchev–Trinajstić information content (AvgIpc) is 2.70. The number of hydrogen-bond acceptors (Lipinski definition) is 3. The lowest BCUT2D eigenvalue weighted by molar-refractivity contribution is -0.121. The Morgan fingerprint density at radius 3 is 3.12 bits per heavy atom. The molecular formula is C11H14FN3O. The number of likely N-dealkylation sites (tertiary alicyclic amines) is 1. The molecule has 1 saturated heterocycles. The molecule has 1 aliphatic rings. The van der Waals surface area contributed by atoms with Gasteiger partial charge in [-0.25, -0.2) is 4.39 Å². The number of hydrogen-bond donors (Lipinski definition) is 1. The smallest absolute Gasteiger partial charge is 0.221 e. The van der Waals surface area contributed by atoms with E-state index in [0.29, 0.717) is 18.8 Å². The van der Waals surface area contributed by atoms with Gasteiger partial charge >= 0.3 is 0 Å². The highest BCUT2D eigenvalue weighted by Crippen LogP contribution is 2.18. The third-order valence-corrected chi connectivity index (χ3v) is 2.88. The Balaban J connectivity index is 1.97. The lowest BCUT2D eigenvalue weighted by Crippen LogP contribution is -2.27. The summed E-state index contributed by atoms with van der Waals surface area (Å²) in [7, 11) is 0. The van der Waals surface area contributed by atoms with Crippen LogP contribution in [0, 0.1) is 11.7 Å². The van der Waals surface area contributed by atoms with Crippen LogP contribution in [-0.4, -0.2) is 28.9 Å². The maximum absolute atomic E-state index is 13.3. The van der Waals surface area contributed by atoms with E-state index in [1.54, 1.807) is 12.3 Å². The molecule has 0 aliphatic carbocycles. The Bertz CT molecular complexity index is 397. The van der Waals surface area contributed by atoms with E-state index in [-0.39, 0.29) is 17.6 Å². The maximum Gasteiger partial charge on any atom is 0.221 e. The quantitative estimate of drug-likeness (QED) is 0.813. The summed E-state index contributed by atoms with van der Waals surface area (Å²) in [6.07, 6.45) is 2.32. The fraction of sp³-hybridized carbons (Fsp3) is 0.455. The number of amides is 1. The molecule has 1 aromatic rings. The Morgan fingerprint density at radius 1 is 1.69 bits per heavy atom. The summed E-state index contributed by atoms with van der Waals surface area (Å²) < 4.78 is 13.3. The number of carbonyl (C=O) groups is 1. The minimum Gasteiger partial charge on any atom is -0.369 e. The summed E-state index contributed by atoms with van der Waals surface area (Å²) in [5.74, 6) is -0.680. The molecule has 86 valence electrons. The molecular weight excluding hydrogens is 209 g/mol. The maximum atomic E-state index is 13.3. The second-order valence-corrected chi connectivity index (χ2v) is 4.06. The highest BCUT2D eigenvalue weighted by molar-refractivity contribution is 5.77. The Labute approximate surface area is 93.3 Å². The van der Waals surface area contributed by atoms with Crippen molar-refractivity contribution in [2.75, 3.05) is 13.1 Å². The lowest BCUT2D eigenvalue weighted by Gasteiger charge is -2.14. The van der Waals surface area contributed by atoms with E-state index in [9.17, 15) is 9.18 Å². The third-order valence-electron chi connectivity index (χ3n) is 2.88. The summed E-state index contributed by atoms with van der Waals surface area (Å²) in [5, 5.41) is 0. The molecule has 0 spiro atoms. The van der Waals surface area contributed by atoms with Crippen LogP contribution in [0.3, 0.4) is 0 Å². The summed E-state index contributed by atoms with van der Waals surface area (Å²) in [5.41, 5.74) is 5.65. The first-order valence-electron chi connectivity index (χ1n) is 5.28. The molecule has 2 heterocycles. The number of halogens is 1.